The van der Waals surface area contributed by atoms with Crippen molar-refractivity contribution in [3.8, 4) is 23.0 Å². The first-order chi connectivity index (χ1) is 15.7. The molecule has 0 bridgehead atoms. The molecule has 0 aromatic heterocycles. The van der Waals surface area contributed by atoms with E-state index < -0.39 is 17.7 Å². The number of ether oxygens (including phenoxy) is 4. The van der Waals surface area contributed by atoms with E-state index in [2.05, 4.69) is 15.5 Å². The van der Waals surface area contributed by atoms with Crippen LogP contribution in [0.2, 0.25) is 10.0 Å². The van der Waals surface area contributed by atoms with Crippen molar-refractivity contribution in [2.24, 2.45) is 10.2 Å². The fourth-order valence-electron chi connectivity index (χ4n) is 2.75. The Hall–Kier alpha value is -3.04. The van der Waals surface area contributed by atoms with Crippen molar-refractivity contribution in [1.29, 1.82) is 0 Å². The van der Waals surface area contributed by atoms with Crippen LogP contribution in [0.15, 0.2) is 34.5 Å². The molecule has 2 aromatic rings. The molecule has 33 heavy (non-hydrogen) atoms. The van der Waals surface area contributed by atoms with E-state index in [9.17, 15) is 9.59 Å². The quantitative estimate of drug-likeness (QED) is 0.324. The first-order valence-corrected chi connectivity index (χ1v) is 10.7. The second-order valence-electron chi connectivity index (χ2n) is 6.53. The average molecular weight is 498 g/mol. The summed E-state index contributed by atoms with van der Waals surface area (Å²) < 4.78 is 21.4. The van der Waals surface area contributed by atoms with Crippen LogP contribution in [0.25, 0.3) is 0 Å². The van der Waals surface area contributed by atoms with Gasteiger partial charge in [0.2, 0.25) is 6.04 Å². The number of ketones is 1. The summed E-state index contributed by atoms with van der Waals surface area (Å²) >= 11 is 12.5. The number of azo groups is 1. The first-order valence-electron chi connectivity index (χ1n) is 9.98. The number of nitrogens with one attached hydrogen (secondary N) is 1. The van der Waals surface area contributed by atoms with E-state index in [-0.39, 0.29) is 27.2 Å². The highest BCUT2D eigenvalue weighted by molar-refractivity contribution is 6.34. The monoisotopic (exact) mass is 497 g/mol. The molecule has 0 spiro atoms. The molecule has 0 saturated heterocycles. The van der Waals surface area contributed by atoms with Crippen LogP contribution in [-0.2, 0) is 9.59 Å². The van der Waals surface area contributed by atoms with Crippen LogP contribution in [0, 0.1) is 0 Å². The Kier molecular flexibility index (Phi) is 9.74. The van der Waals surface area contributed by atoms with Crippen LogP contribution in [-0.4, -0.2) is 45.2 Å². The number of anilines is 1. The van der Waals surface area contributed by atoms with E-state index in [0.717, 1.165) is 0 Å². The standard InChI is InChI=1S/C22H25Cl2N3O6/c1-6-32-14-10-15(23)21(18(11-14)33-7-2)27-26-20(12(3)28)22(29)25-13-8-16(30-4)19(24)17(9-13)31-5/h8-11,20H,6-7H2,1-5H3,(H,25,29). The molecular weight excluding hydrogens is 473 g/mol. The SMILES string of the molecule is CCOc1cc(Cl)c(N=NC(C(C)=O)C(=O)Nc2cc(OC)c(Cl)c(OC)c2)c(OCC)c1. The number of halogens is 2. The van der Waals surface area contributed by atoms with Crippen molar-refractivity contribution in [2.75, 3.05) is 32.8 Å². The smallest absolute Gasteiger partial charge is 0.258 e. The lowest BCUT2D eigenvalue weighted by Crippen LogP contribution is -2.31. The molecule has 178 valence electrons. The van der Waals surface area contributed by atoms with Gasteiger partial charge < -0.3 is 24.3 Å². The fourth-order valence-corrected chi connectivity index (χ4v) is 3.25. The predicted octanol–water partition coefficient (Wildman–Crippen LogP) is 5.49. The first kappa shape index (κ1) is 26.2. The number of amides is 1. The van der Waals surface area contributed by atoms with E-state index in [4.69, 9.17) is 42.1 Å². The Morgan fingerprint density at radius 2 is 1.58 bits per heavy atom. The number of nitrogens with zero attached hydrogens (tertiary/aromatic N) is 2. The Morgan fingerprint density at radius 1 is 0.970 bits per heavy atom. The van der Waals surface area contributed by atoms with Gasteiger partial charge in [-0.3, -0.25) is 9.59 Å². The molecule has 2 aromatic carbocycles. The third-order valence-corrected chi connectivity index (χ3v) is 4.89. The maximum atomic E-state index is 12.8. The zero-order valence-electron chi connectivity index (χ0n) is 18.9. The zero-order valence-corrected chi connectivity index (χ0v) is 20.4. The van der Waals surface area contributed by atoms with Gasteiger partial charge in [-0.1, -0.05) is 23.2 Å². The number of methoxy groups -OCH3 is 2. The Labute approximate surface area is 202 Å². The molecule has 0 fully saturated rings. The summed E-state index contributed by atoms with van der Waals surface area (Å²) in [7, 11) is 2.85. The van der Waals surface area contributed by atoms with Crippen LogP contribution >= 0.6 is 23.2 Å². The lowest BCUT2D eigenvalue weighted by molar-refractivity contribution is -0.126. The highest BCUT2D eigenvalue weighted by Crippen LogP contribution is 2.40. The maximum Gasteiger partial charge on any atom is 0.258 e. The van der Waals surface area contributed by atoms with Crippen LogP contribution in [0.3, 0.4) is 0 Å². The van der Waals surface area contributed by atoms with Gasteiger partial charge in [0.25, 0.3) is 5.91 Å². The summed E-state index contributed by atoms with van der Waals surface area (Å²) in [5, 5.41) is 11.0. The van der Waals surface area contributed by atoms with Crippen molar-refractivity contribution in [2.45, 2.75) is 26.8 Å². The normalized spacial score (nSPS) is 11.7. The summed E-state index contributed by atoms with van der Waals surface area (Å²) in [6.45, 7) is 5.64. The number of carbonyl (C=O) groups excluding carboxylic acids is 2. The lowest BCUT2D eigenvalue weighted by Gasteiger charge is -2.14. The van der Waals surface area contributed by atoms with E-state index in [1.165, 1.54) is 33.3 Å². The van der Waals surface area contributed by atoms with Gasteiger partial charge in [0.15, 0.2) is 11.5 Å². The molecule has 1 unspecified atom stereocenters. The minimum absolute atomic E-state index is 0.177. The molecular formula is C22H25Cl2N3O6. The highest BCUT2D eigenvalue weighted by Gasteiger charge is 2.25. The summed E-state index contributed by atoms with van der Waals surface area (Å²) in [4.78, 5) is 25.0. The summed E-state index contributed by atoms with van der Waals surface area (Å²) in [5.74, 6) is 0.148. The lowest BCUT2D eigenvalue weighted by atomic mass is 10.2. The molecule has 0 aliphatic heterocycles. The van der Waals surface area contributed by atoms with Gasteiger partial charge in [-0.2, -0.15) is 5.11 Å². The van der Waals surface area contributed by atoms with Crippen molar-refractivity contribution in [3.05, 3.63) is 34.3 Å². The number of Topliss-reactive ketones (excluding diaryl/α,β-unsaturated/α-hetero) is 1. The van der Waals surface area contributed by atoms with Crippen molar-refractivity contribution in [1.82, 2.24) is 0 Å². The van der Waals surface area contributed by atoms with Crippen LogP contribution < -0.4 is 24.3 Å². The third kappa shape index (κ3) is 6.72. The van der Waals surface area contributed by atoms with Gasteiger partial charge >= 0.3 is 0 Å². The van der Waals surface area contributed by atoms with Gasteiger partial charge in [-0.25, -0.2) is 0 Å². The number of benzene rings is 2. The maximum absolute atomic E-state index is 12.8. The molecule has 1 amide bonds. The molecule has 9 nitrogen and oxygen atoms in total. The van der Waals surface area contributed by atoms with Crippen LogP contribution in [0.5, 0.6) is 23.0 Å². The topological polar surface area (TPSA) is 108 Å². The second-order valence-corrected chi connectivity index (χ2v) is 7.32. The van der Waals surface area contributed by atoms with Crippen molar-refractivity contribution in [3.63, 3.8) is 0 Å². The van der Waals surface area contributed by atoms with Gasteiger partial charge in [0, 0.05) is 30.0 Å². The molecule has 1 N–H and O–H groups in total. The van der Waals surface area contributed by atoms with Gasteiger partial charge in [-0.05, 0) is 20.8 Å². The van der Waals surface area contributed by atoms with E-state index in [0.29, 0.717) is 30.4 Å². The number of hydrogen-bond donors (Lipinski definition) is 1. The Balaban J connectivity index is 2.35. The van der Waals surface area contributed by atoms with E-state index in [1.807, 2.05) is 6.92 Å². The molecule has 0 aliphatic carbocycles. The molecule has 2 rings (SSSR count). The predicted molar refractivity (Wildman–Crippen MR) is 126 cm³/mol. The van der Waals surface area contributed by atoms with Gasteiger partial charge in [0.05, 0.1) is 32.5 Å². The van der Waals surface area contributed by atoms with Gasteiger partial charge in [0.1, 0.15) is 28.0 Å². The second kappa shape index (κ2) is 12.3. The highest BCUT2D eigenvalue weighted by atomic mass is 35.5. The largest absolute Gasteiger partial charge is 0.495 e. The van der Waals surface area contributed by atoms with Crippen LogP contribution in [0.1, 0.15) is 20.8 Å². The van der Waals surface area contributed by atoms with Crippen LogP contribution in [0.4, 0.5) is 11.4 Å². The van der Waals surface area contributed by atoms with E-state index >= 15 is 0 Å². The number of carbonyl (C=O) groups is 2. The van der Waals surface area contributed by atoms with Crippen molar-refractivity contribution >= 4 is 46.3 Å². The molecule has 1 atom stereocenters. The third-order valence-electron chi connectivity index (χ3n) is 4.23. The molecule has 11 heteroatoms. The summed E-state index contributed by atoms with van der Waals surface area (Å²) in [6, 6.07) is 4.72. The Morgan fingerprint density at radius 3 is 2.09 bits per heavy atom. The zero-order chi connectivity index (χ0) is 24.5. The minimum Gasteiger partial charge on any atom is -0.495 e. The number of hydrogen-bond acceptors (Lipinski definition) is 8. The fraction of sp³-hybridized carbons (Fsp3) is 0.364. The molecule has 0 aliphatic rings. The molecule has 0 radical (unpaired) electrons. The van der Waals surface area contributed by atoms with Gasteiger partial charge in [-0.15, -0.1) is 5.11 Å². The summed E-state index contributed by atoms with van der Waals surface area (Å²) in [5.41, 5.74) is 0.476. The summed E-state index contributed by atoms with van der Waals surface area (Å²) in [6.07, 6.45) is 0. The Bertz CT molecular complexity index is 1020. The number of rotatable bonds is 11. The van der Waals surface area contributed by atoms with E-state index in [1.54, 1.807) is 19.1 Å². The minimum atomic E-state index is -1.44. The molecule has 0 saturated carbocycles. The van der Waals surface area contributed by atoms with Crippen molar-refractivity contribution < 1.29 is 28.5 Å². The average Bonchev–Trinajstić information content (AvgIpc) is 2.76. The molecule has 0 heterocycles.